The number of benzene rings is 15. The topological polar surface area (TPSA) is 72.4 Å². The molecule has 490 valence electrons. The van der Waals surface area contributed by atoms with Crippen LogP contribution in [0.15, 0.2) is 394 Å². The van der Waals surface area contributed by atoms with Crippen molar-refractivity contribution >= 4 is 112 Å². The summed E-state index contributed by atoms with van der Waals surface area (Å²) in [6, 6.07) is 141. The van der Waals surface area contributed by atoms with Crippen LogP contribution in [-0.4, -0.2) is 19.1 Å². The molecule has 0 N–H and O–H groups in total. The molecule has 0 amide bonds. The van der Waals surface area contributed by atoms with Gasteiger partial charge in [-0.15, -0.1) is 0 Å². The highest BCUT2D eigenvalue weighted by Crippen LogP contribution is 2.48. The SMILES string of the molecule is N#Cc1c(-n2c3ccc(N(c4ccccc4)c4ccccc4)cc3c3cc(N(c4ccccc4)c4ccccc4)ccc32)cc(-c2nc(-c3ccccc3)cc(-c3ccccc3)n2)cc1-n1c2ccc(N(c3ccccc3)c3ccccc3)cc2c2cc(N(c3ccccc3)c3ccccc3)ccc21. The van der Waals surface area contributed by atoms with E-state index >= 15 is 0 Å². The van der Waals surface area contributed by atoms with Gasteiger partial charge >= 0.3 is 0 Å². The molecule has 0 spiro atoms. The molecular weight excluding hydrogens is 1270 g/mol. The van der Waals surface area contributed by atoms with Crippen LogP contribution in [0, 0.1) is 11.3 Å². The van der Waals surface area contributed by atoms with E-state index < -0.39 is 0 Å². The normalized spacial score (nSPS) is 11.3. The lowest BCUT2D eigenvalue weighted by molar-refractivity contribution is 1.11. The average Bonchev–Trinajstić information content (AvgIpc) is 1.56. The Morgan fingerprint density at radius 2 is 0.442 bits per heavy atom. The van der Waals surface area contributed by atoms with E-state index in [1.807, 2.05) is 36.4 Å². The number of para-hydroxylation sites is 8. The molecule has 0 unspecified atom stereocenters. The van der Waals surface area contributed by atoms with Crippen molar-refractivity contribution in [1.82, 2.24) is 19.1 Å². The molecule has 104 heavy (non-hydrogen) atoms. The first-order valence-electron chi connectivity index (χ1n) is 34.9. The molecule has 3 heterocycles. The molecule has 0 aliphatic heterocycles. The van der Waals surface area contributed by atoms with E-state index in [4.69, 9.17) is 9.97 Å². The molecule has 0 aliphatic carbocycles. The third-order valence-corrected chi connectivity index (χ3v) is 19.4. The third-order valence-electron chi connectivity index (χ3n) is 19.4. The summed E-state index contributed by atoms with van der Waals surface area (Å²) in [4.78, 5) is 20.4. The van der Waals surface area contributed by atoms with Gasteiger partial charge in [-0.05, 0) is 188 Å². The van der Waals surface area contributed by atoms with Gasteiger partial charge < -0.3 is 28.7 Å². The summed E-state index contributed by atoms with van der Waals surface area (Å²) < 4.78 is 4.60. The fraction of sp³-hybridized carbons (Fsp3) is 0. The van der Waals surface area contributed by atoms with Crippen molar-refractivity contribution in [2.75, 3.05) is 19.6 Å². The molecule has 0 saturated carbocycles. The van der Waals surface area contributed by atoms with Gasteiger partial charge in [-0.2, -0.15) is 5.26 Å². The van der Waals surface area contributed by atoms with Gasteiger partial charge in [0.25, 0.3) is 0 Å². The van der Waals surface area contributed by atoms with Gasteiger partial charge in [0.2, 0.25) is 0 Å². The van der Waals surface area contributed by atoms with Crippen molar-refractivity contribution in [3.05, 3.63) is 400 Å². The van der Waals surface area contributed by atoms with Crippen molar-refractivity contribution in [3.63, 3.8) is 0 Å². The molecule has 15 aromatic carbocycles. The second-order valence-electron chi connectivity index (χ2n) is 25.7. The summed E-state index contributed by atoms with van der Waals surface area (Å²) in [6.07, 6.45) is 0. The van der Waals surface area contributed by atoms with Crippen LogP contribution in [0.5, 0.6) is 0 Å². The molecule has 18 rings (SSSR count). The number of aromatic nitrogens is 4. The lowest BCUT2D eigenvalue weighted by Gasteiger charge is -2.26. The Labute approximate surface area is 603 Å². The van der Waals surface area contributed by atoms with Crippen LogP contribution in [0.4, 0.5) is 68.2 Å². The maximum absolute atomic E-state index is 12.7. The highest BCUT2D eigenvalue weighted by atomic mass is 15.2. The predicted octanol–water partition coefficient (Wildman–Crippen LogP) is 25.4. The van der Waals surface area contributed by atoms with E-state index in [0.717, 1.165) is 134 Å². The number of fused-ring (bicyclic) bond motifs is 6. The molecule has 3 aromatic heterocycles. The molecule has 9 heteroatoms. The molecule has 18 aromatic rings. The summed E-state index contributed by atoms with van der Waals surface area (Å²) in [7, 11) is 0. The largest absolute Gasteiger partial charge is 0.310 e. The van der Waals surface area contributed by atoms with Crippen LogP contribution in [0.1, 0.15) is 5.56 Å². The van der Waals surface area contributed by atoms with Crippen molar-refractivity contribution < 1.29 is 0 Å². The molecule has 0 radical (unpaired) electrons. The second kappa shape index (κ2) is 27.1. The monoisotopic (exact) mass is 1330 g/mol. The van der Waals surface area contributed by atoms with Crippen LogP contribution >= 0.6 is 0 Å². The van der Waals surface area contributed by atoms with Crippen LogP contribution in [0.25, 0.3) is 88.9 Å². The Morgan fingerprint density at radius 3 is 0.663 bits per heavy atom. The fourth-order valence-electron chi connectivity index (χ4n) is 14.8. The average molecular weight is 1330 g/mol. The van der Waals surface area contributed by atoms with Crippen molar-refractivity contribution in [1.29, 1.82) is 5.26 Å². The molecule has 0 bridgehead atoms. The van der Waals surface area contributed by atoms with E-state index in [-0.39, 0.29) is 0 Å². The summed E-state index contributed by atoms with van der Waals surface area (Å²) in [5, 5.41) is 16.6. The summed E-state index contributed by atoms with van der Waals surface area (Å²) in [6.45, 7) is 0. The predicted molar refractivity (Wildman–Crippen MR) is 430 cm³/mol. The van der Waals surface area contributed by atoms with Gasteiger partial charge in [0, 0.05) is 106 Å². The zero-order chi connectivity index (χ0) is 69.3. The summed E-state index contributed by atoms with van der Waals surface area (Å²) in [5.41, 5.74) is 21.5. The first kappa shape index (κ1) is 62.0. The zero-order valence-electron chi connectivity index (χ0n) is 56.6. The fourth-order valence-corrected chi connectivity index (χ4v) is 14.8. The van der Waals surface area contributed by atoms with Crippen LogP contribution in [0.3, 0.4) is 0 Å². The van der Waals surface area contributed by atoms with Gasteiger partial charge in [-0.25, -0.2) is 9.97 Å². The van der Waals surface area contributed by atoms with E-state index in [0.29, 0.717) is 28.3 Å². The summed E-state index contributed by atoms with van der Waals surface area (Å²) >= 11 is 0. The minimum atomic E-state index is 0.450. The Morgan fingerprint density at radius 1 is 0.221 bits per heavy atom. The van der Waals surface area contributed by atoms with E-state index in [2.05, 4.69) is 393 Å². The number of anilines is 12. The number of hydrogen-bond donors (Lipinski definition) is 0. The van der Waals surface area contributed by atoms with Crippen LogP contribution in [0.2, 0.25) is 0 Å². The first-order chi connectivity index (χ1) is 51.6. The van der Waals surface area contributed by atoms with Crippen molar-refractivity contribution in [2.45, 2.75) is 0 Å². The zero-order valence-corrected chi connectivity index (χ0v) is 56.6. The van der Waals surface area contributed by atoms with Crippen LogP contribution in [-0.2, 0) is 0 Å². The maximum atomic E-state index is 12.7. The Balaban J connectivity index is 0.956. The minimum Gasteiger partial charge on any atom is -0.310 e. The standard InChI is InChI=1S/C95H65N9/c96-66-86-93(103-89-55-51-78(99(70-35-15-3-16-36-70)71-37-17-4-18-38-71)61-82(89)83-62-79(52-56-90(83)103)100(72-39-19-5-20-40-72)73-41-21-6-22-42-73)59-69(95-97-87(67-31-11-1-12-32-67)65-88(98-95)68-33-13-2-14-34-68)60-94(86)104-91-57-53-80(101(74-43-23-7-24-44-74)75-45-25-8-26-46-75)63-84(91)85-64-81(54-58-92(85)104)102(76-47-27-9-28-48-76)77-49-29-10-30-50-77/h1-65H. The quantitative estimate of drug-likeness (QED) is 0.0899. The number of hydrogen-bond acceptors (Lipinski definition) is 7. The number of rotatable bonds is 17. The third kappa shape index (κ3) is 11.5. The highest BCUT2D eigenvalue weighted by Gasteiger charge is 2.28. The number of nitriles is 1. The summed E-state index contributed by atoms with van der Waals surface area (Å²) in [5.74, 6) is 0.498. The Bertz CT molecular complexity index is 5350. The molecule has 9 nitrogen and oxygen atoms in total. The second-order valence-corrected chi connectivity index (χ2v) is 25.7. The molecule has 0 atom stereocenters. The smallest absolute Gasteiger partial charge is 0.160 e. The van der Waals surface area contributed by atoms with Gasteiger partial charge in [-0.3, -0.25) is 0 Å². The van der Waals surface area contributed by atoms with Gasteiger partial charge in [0.1, 0.15) is 11.6 Å². The van der Waals surface area contributed by atoms with E-state index in [1.54, 1.807) is 0 Å². The van der Waals surface area contributed by atoms with Crippen LogP contribution < -0.4 is 19.6 Å². The van der Waals surface area contributed by atoms with Crippen molar-refractivity contribution in [3.8, 4) is 51.3 Å². The highest BCUT2D eigenvalue weighted by molar-refractivity contribution is 6.14. The first-order valence-corrected chi connectivity index (χ1v) is 34.9. The maximum Gasteiger partial charge on any atom is 0.160 e. The molecule has 0 aliphatic rings. The Hall–Kier alpha value is -14.3. The molecular formula is C95H65N9. The van der Waals surface area contributed by atoms with E-state index in [1.165, 1.54) is 0 Å². The number of nitrogens with zero attached hydrogens (tertiary/aromatic N) is 9. The van der Waals surface area contributed by atoms with E-state index in [9.17, 15) is 5.26 Å². The Kier molecular flexibility index (Phi) is 16.1. The van der Waals surface area contributed by atoms with Gasteiger partial charge in [-0.1, -0.05) is 206 Å². The van der Waals surface area contributed by atoms with Crippen molar-refractivity contribution in [2.24, 2.45) is 0 Å². The molecule has 0 fully saturated rings. The van der Waals surface area contributed by atoms with Gasteiger partial charge in [0.05, 0.1) is 44.8 Å². The van der Waals surface area contributed by atoms with Gasteiger partial charge in [0.15, 0.2) is 5.82 Å². The minimum absolute atomic E-state index is 0.450. The lowest BCUT2D eigenvalue weighted by atomic mass is 10.0. The molecule has 0 saturated heterocycles. The lowest BCUT2D eigenvalue weighted by Crippen LogP contribution is -2.10.